The van der Waals surface area contributed by atoms with Crippen molar-refractivity contribution in [3.63, 3.8) is 0 Å². The molecule has 4 nitrogen and oxygen atoms in total. The zero-order chi connectivity index (χ0) is 32.5. The van der Waals surface area contributed by atoms with Crippen LogP contribution in [-0.2, 0) is 13.2 Å². The molecule has 0 saturated carbocycles. The Bertz CT molecular complexity index is 1770. The van der Waals surface area contributed by atoms with Gasteiger partial charge in [0.2, 0.25) is 0 Å². The van der Waals surface area contributed by atoms with Crippen LogP contribution < -0.4 is 13.7 Å². The van der Waals surface area contributed by atoms with Gasteiger partial charge in [0.25, 0.3) is 0 Å². The Morgan fingerprint density at radius 2 is 1.48 bits per heavy atom. The number of nitrogens with zero attached hydrogens (tertiary/aromatic N) is 2. The lowest BCUT2D eigenvalue weighted by Crippen LogP contribution is -2.59. The highest BCUT2D eigenvalue weighted by atomic mass is 32.1. The number of likely N-dealkylation sites (tertiary alicyclic amines) is 1. The van der Waals surface area contributed by atoms with Gasteiger partial charge in [0.15, 0.2) is 0 Å². The Kier molecular flexibility index (Phi) is 9.49. The number of hydrogen-bond acceptors (Lipinski definition) is 5. The van der Waals surface area contributed by atoms with Gasteiger partial charge in [-0.3, -0.25) is 4.90 Å². The quantitative estimate of drug-likeness (QED) is 0.131. The average Bonchev–Trinajstić information content (AvgIpc) is 3.69. The zero-order valence-corrected chi connectivity index (χ0v) is 31.3. The van der Waals surface area contributed by atoms with Crippen LogP contribution in [0.1, 0.15) is 24.0 Å². The molecule has 46 heavy (non-hydrogen) atoms. The van der Waals surface area contributed by atoms with Crippen LogP contribution in [0, 0.1) is 6.07 Å². The van der Waals surface area contributed by atoms with E-state index in [1.807, 2.05) is 13.2 Å². The van der Waals surface area contributed by atoms with Crippen molar-refractivity contribution in [2.75, 3.05) is 24.4 Å². The van der Waals surface area contributed by atoms with Gasteiger partial charge in [-0.05, 0) is 60.6 Å². The van der Waals surface area contributed by atoms with Crippen LogP contribution >= 0.6 is 11.3 Å². The maximum Gasteiger partial charge on any atom is 0.138 e. The summed E-state index contributed by atoms with van der Waals surface area (Å²) in [5.74, 6) is 1.68. The number of ether oxygens (including phenoxy) is 2. The van der Waals surface area contributed by atoms with Gasteiger partial charge in [-0.2, -0.15) is 0 Å². The highest BCUT2D eigenvalue weighted by Gasteiger charge is 2.35. The Morgan fingerprint density at radius 3 is 2.13 bits per heavy atom. The fourth-order valence-electron chi connectivity index (χ4n) is 7.23. The fraction of sp³-hybridized carbons (Fsp3) is 0.333. The number of hydrogen-bond donors (Lipinski definition) is 0. The first-order chi connectivity index (χ1) is 22.0. The van der Waals surface area contributed by atoms with Crippen molar-refractivity contribution in [1.29, 1.82) is 0 Å². The molecule has 239 valence electrons. The summed E-state index contributed by atoms with van der Waals surface area (Å²) < 4.78 is 17.2. The topological polar surface area (TPSA) is 24.9 Å². The lowest BCUT2D eigenvalue weighted by molar-refractivity contribution is 0.301. The highest BCUT2D eigenvalue weighted by Crippen LogP contribution is 2.49. The van der Waals surface area contributed by atoms with Gasteiger partial charge in [0, 0.05) is 50.6 Å². The van der Waals surface area contributed by atoms with Crippen molar-refractivity contribution >= 4 is 43.6 Å². The van der Waals surface area contributed by atoms with Gasteiger partial charge in [-0.1, -0.05) is 99.9 Å². The molecule has 6 rings (SSSR count). The van der Waals surface area contributed by atoms with Crippen LogP contribution in [0.2, 0.25) is 39.3 Å². The number of benzene rings is 4. The molecule has 1 radical (unpaired) electrons. The summed E-state index contributed by atoms with van der Waals surface area (Å²) in [5.41, 5.74) is 7.98. The van der Waals surface area contributed by atoms with Gasteiger partial charge in [-0.15, -0.1) is 11.3 Å². The van der Waals surface area contributed by atoms with Gasteiger partial charge >= 0.3 is 0 Å². The number of methoxy groups -OCH3 is 1. The molecule has 2 heterocycles. The zero-order valence-electron chi connectivity index (χ0n) is 28.4. The van der Waals surface area contributed by atoms with E-state index in [2.05, 4.69) is 133 Å². The molecule has 1 aromatic heterocycles. The maximum atomic E-state index is 6.79. The molecule has 4 aromatic carbocycles. The van der Waals surface area contributed by atoms with Crippen molar-refractivity contribution in [2.24, 2.45) is 0 Å². The Balaban J connectivity index is 1.55. The van der Waals surface area contributed by atoms with Crippen LogP contribution in [0.3, 0.4) is 0 Å². The SMILES string of the molecule is COc1c(-c2ccc(N([Si](C)(C)C)[Si](C)(C)C)cc2)[c]c(OCc2ccccc2)c(-c2csc3ccccc23)c1CN1CCCC1. The van der Waals surface area contributed by atoms with Crippen LogP contribution in [0.15, 0.2) is 84.2 Å². The first-order valence-corrected chi connectivity index (χ1v) is 24.2. The molecule has 7 heteroatoms. The lowest BCUT2D eigenvalue weighted by atomic mass is 9.91. The van der Waals surface area contributed by atoms with E-state index in [0.29, 0.717) is 6.61 Å². The number of rotatable bonds is 11. The second kappa shape index (κ2) is 13.4. The van der Waals surface area contributed by atoms with Crippen molar-refractivity contribution in [3.05, 3.63) is 101 Å². The van der Waals surface area contributed by atoms with E-state index >= 15 is 0 Å². The number of thiophene rings is 1. The smallest absolute Gasteiger partial charge is 0.138 e. The predicted octanol–water partition coefficient (Wildman–Crippen LogP) is 10.7. The normalized spacial score (nSPS) is 14.2. The maximum absolute atomic E-state index is 6.79. The Hall–Kier alpha value is -3.37. The Labute approximate surface area is 281 Å². The lowest BCUT2D eigenvalue weighted by Gasteiger charge is -2.46. The van der Waals surface area contributed by atoms with Crippen molar-refractivity contribution in [1.82, 2.24) is 4.90 Å². The minimum atomic E-state index is -1.58. The summed E-state index contributed by atoms with van der Waals surface area (Å²) in [6.07, 6.45) is 2.46. The molecule has 0 atom stereocenters. The molecule has 1 saturated heterocycles. The average molecular weight is 664 g/mol. The van der Waals surface area contributed by atoms with Crippen LogP contribution in [0.25, 0.3) is 32.3 Å². The van der Waals surface area contributed by atoms with E-state index in [9.17, 15) is 0 Å². The van der Waals surface area contributed by atoms with Crippen LogP contribution in [-0.4, -0.2) is 41.6 Å². The second-order valence-corrected chi connectivity index (χ2v) is 25.3. The van der Waals surface area contributed by atoms with Crippen molar-refractivity contribution in [3.8, 4) is 33.8 Å². The molecule has 5 aromatic rings. The summed E-state index contributed by atoms with van der Waals surface area (Å²) in [5, 5.41) is 3.52. The third-order valence-electron chi connectivity index (χ3n) is 8.79. The molecular formula is C39H47N2O2SSi2. The summed E-state index contributed by atoms with van der Waals surface area (Å²) in [7, 11) is -1.35. The summed E-state index contributed by atoms with van der Waals surface area (Å²) in [6.45, 7) is 18.2. The third-order valence-corrected chi connectivity index (χ3v) is 17.0. The van der Waals surface area contributed by atoms with Gasteiger partial charge < -0.3 is 13.7 Å². The van der Waals surface area contributed by atoms with Gasteiger partial charge in [-0.25, -0.2) is 0 Å². The van der Waals surface area contributed by atoms with Gasteiger partial charge in [0.05, 0.1) is 7.11 Å². The molecular weight excluding hydrogens is 617 g/mol. The second-order valence-electron chi connectivity index (χ2n) is 14.3. The molecule has 0 spiro atoms. The van der Waals surface area contributed by atoms with Crippen LogP contribution in [0.5, 0.6) is 11.5 Å². The third kappa shape index (κ3) is 6.84. The molecule has 0 N–H and O–H groups in total. The fourth-order valence-corrected chi connectivity index (χ4v) is 18.1. The minimum Gasteiger partial charge on any atom is -0.496 e. The summed E-state index contributed by atoms with van der Waals surface area (Å²) >= 11 is 1.78. The molecule has 1 aliphatic rings. The molecule has 0 unspecified atom stereocenters. The largest absolute Gasteiger partial charge is 0.496 e. The summed E-state index contributed by atoms with van der Waals surface area (Å²) in [4.78, 5) is 2.56. The molecule has 0 amide bonds. The monoisotopic (exact) mass is 663 g/mol. The molecule has 0 aliphatic carbocycles. The first kappa shape index (κ1) is 32.6. The van der Waals surface area contributed by atoms with E-state index in [1.165, 1.54) is 39.7 Å². The standard InChI is InChI=1S/C39H47N2O2SSi2/c1-42-39-33(30-19-21-31(22-20-30)41(45(2,3)4)46(5,6)7)25-36(43-27-29-15-9-8-10-16-29)38(34(39)26-40-23-13-14-24-40)35-28-44-37-18-12-11-17-32(35)37/h8-12,15-22,28H,13-14,23-24,26-27H2,1-7H3. The van der Waals surface area contributed by atoms with Crippen molar-refractivity contribution < 1.29 is 9.47 Å². The van der Waals surface area contributed by atoms with Crippen molar-refractivity contribution in [2.45, 2.75) is 65.3 Å². The highest BCUT2D eigenvalue weighted by molar-refractivity contribution is 7.17. The Morgan fingerprint density at radius 1 is 0.826 bits per heavy atom. The molecule has 1 fully saturated rings. The van der Waals surface area contributed by atoms with Crippen LogP contribution in [0.4, 0.5) is 5.69 Å². The van der Waals surface area contributed by atoms with E-state index in [4.69, 9.17) is 9.47 Å². The van der Waals surface area contributed by atoms with E-state index in [1.54, 1.807) is 11.3 Å². The number of anilines is 1. The van der Waals surface area contributed by atoms with E-state index in [0.717, 1.165) is 53.4 Å². The predicted molar refractivity (Wildman–Crippen MR) is 203 cm³/mol. The first-order valence-electron chi connectivity index (χ1n) is 16.5. The summed E-state index contributed by atoms with van der Waals surface area (Å²) in [6, 6.07) is 32.0. The van der Waals surface area contributed by atoms with E-state index in [-0.39, 0.29) is 0 Å². The molecule has 0 bridgehead atoms. The minimum absolute atomic E-state index is 0.474. The van der Waals surface area contributed by atoms with E-state index < -0.39 is 16.5 Å². The molecule has 1 aliphatic heterocycles. The number of fused-ring (bicyclic) bond motifs is 1. The van der Waals surface area contributed by atoms with Gasteiger partial charge in [0.1, 0.15) is 34.6 Å².